The molecule has 5 heteroatoms. The molecule has 0 aliphatic heterocycles. The number of nitrogens with two attached hydrogens (primary N) is 1. The summed E-state index contributed by atoms with van der Waals surface area (Å²) in [5.74, 6) is 1.23. The third kappa shape index (κ3) is 2.43. The third-order valence-electron chi connectivity index (χ3n) is 3.18. The number of ether oxygens (including phenoxy) is 2. The van der Waals surface area contributed by atoms with E-state index in [9.17, 15) is 4.79 Å². The first-order valence-electron chi connectivity index (χ1n) is 6.69. The van der Waals surface area contributed by atoms with Gasteiger partial charge in [0.1, 0.15) is 29.4 Å². The number of hydrogen-bond acceptors (Lipinski definition) is 5. The Kier molecular flexibility index (Phi) is 3.50. The lowest BCUT2D eigenvalue weighted by molar-refractivity contribution is 0.329. The molecule has 0 amide bonds. The summed E-state index contributed by atoms with van der Waals surface area (Å²) in [6, 6.07) is 10.2. The summed E-state index contributed by atoms with van der Waals surface area (Å²) in [5, 5.41) is 1.04. The summed E-state index contributed by atoms with van der Waals surface area (Å²) >= 11 is 0. The standard InChI is InChI=1S/C16H15NO4/c1-2-19-10-3-5-12-14(7-10)21-15-8-11(20-9-17)4-6-13(15)16(12)18/h3-8H,2,9,17H2,1H3. The lowest BCUT2D eigenvalue weighted by Gasteiger charge is -2.07. The monoisotopic (exact) mass is 285 g/mol. The van der Waals surface area contributed by atoms with Crippen LogP contribution in [-0.2, 0) is 0 Å². The van der Waals surface area contributed by atoms with E-state index >= 15 is 0 Å². The minimum atomic E-state index is -0.0754. The summed E-state index contributed by atoms with van der Waals surface area (Å²) in [5.41, 5.74) is 6.23. The van der Waals surface area contributed by atoms with Gasteiger partial charge in [-0.2, -0.15) is 0 Å². The molecule has 0 aliphatic carbocycles. The van der Waals surface area contributed by atoms with Crippen LogP contribution >= 0.6 is 0 Å². The van der Waals surface area contributed by atoms with Crippen LogP contribution in [0.15, 0.2) is 45.6 Å². The van der Waals surface area contributed by atoms with E-state index < -0.39 is 0 Å². The van der Waals surface area contributed by atoms with Crippen molar-refractivity contribution in [1.82, 2.24) is 0 Å². The van der Waals surface area contributed by atoms with Crippen molar-refractivity contribution in [2.45, 2.75) is 6.92 Å². The van der Waals surface area contributed by atoms with Crippen molar-refractivity contribution >= 4 is 21.9 Å². The Bertz CT molecular complexity index is 787. The predicted molar refractivity (Wildman–Crippen MR) is 80.8 cm³/mol. The molecule has 2 N–H and O–H groups in total. The molecule has 3 rings (SSSR count). The first-order chi connectivity index (χ1) is 10.2. The van der Waals surface area contributed by atoms with Crippen molar-refractivity contribution in [3.63, 3.8) is 0 Å². The minimum absolute atomic E-state index is 0.0673. The van der Waals surface area contributed by atoms with Crippen molar-refractivity contribution in [3.05, 3.63) is 46.6 Å². The Morgan fingerprint density at radius 1 is 1.00 bits per heavy atom. The maximum atomic E-state index is 12.5. The smallest absolute Gasteiger partial charge is 0.200 e. The summed E-state index contributed by atoms with van der Waals surface area (Å²) < 4.78 is 16.4. The van der Waals surface area contributed by atoms with Crippen LogP contribution in [0, 0.1) is 0 Å². The first-order valence-corrected chi connectivity index (χ1v) is 6.69. The van der Waals surface area contributed by atoms with Gasteiger partial charge in [-0.15, -0.1) is 0 Å². The van der Waals surface area contributed by atoms with Gasteiger partial charge in [0.05, 0.1) is 17.4 Å². The summed E-state index contributed by atoms with van der Waals surface area (Å²) in [7, 11) is 0. The maximum absolute atomic E-state index is 12.5. The zero-order valence-electron chi connectivity index (χ0n) is 11.6. The zero-order chi connectivity index (χ0) is 14.8. The molecule has 0 aliphatic rings. The molecular formula is C16H15NO4. The van der Waals surface area contributed by atoms with Gasteiger partial charge in [-0.3, -0.25) is 10.5 Å². The second kappa shape index (κ2) is 5.46. The summed E-state index contributed by atoms with van der Waals surface area (Å²) in [6.07, 6.45) is 0. The van der Waals surface area contributed by atoms with E-state index in [0.29, 0.717) is 40.0 Å². The SMILES string of the molecule is CCOc1ccc2c(=O)c3ccc(OCN)cc3oc2c1. The molecule has 0 unspecified atom stereocenters. The van der Waals surface area contributed by atoms with E-state index in [0.717, 1.165) is 0 Å². The molecule has 0 saturated carbocycles. The molecule has 1 heterocycles. The Labute approximate surface area is 120 Å². The van der Waals surface area contributed by atoms with E-state index in [4.69, 9.17) is 19.6 Å². The molecule has 0 atom stereocenters. The molecule has 0 spiro atoms. The number of hydrogen-bond donors (Lipinski definition) is 1. The van der Waals surface area contributed by atoms with Gasteiger partial charge < -0.3 is 13.9 Å². The Hall–Kier alpha value is -2.53. The van der Waals surface area contributed by atoms with Crippen LogP contribution in [0.5, 0.6) is 11.5 Å². The van der Waals surface area contributed by atoms with Crippen LogP contribution in [0.3, 0.4) is 0 Å². The van der Waals surface area contributed by atoms with Gasteiger partial charge in [-0.1, -0.05) is 0 Å². The highest BCUT2D eigenvalue weighted by molar-refractivity contribution is 5.90. The Morgan fingerprint density at radius 2 is 1.57 bits per heavy atom. The largest absolute Gasteiger partial charge is 0.494 e. The van der Waals surface area contributed by atoms with Crippen molar-refractivity contribution in [1.29, 1.82) is 0 Å². The van der Waals surface area contributed by atoms with Crippen LogP contribution < -0.4 is 20.6 Å². The second-order valence-corrected chi connectivity index (χ2v) is 4.49. The van der Waals surface area contributed by atoms with Gasteiger partial charge in [0, 0.05) is 12.1 Å². The van der Waals surface area contributed by atoms with Gasteiger partial charge in [0.25, 0.3) is 0 Å². The molecular weight excluding hydrogens is 270 g/mol. The van der Waals surface area contributed by atoms with Crippen molar-refractivity contribution in [2.75, 3.05) is 13.3 Å². The normalized spacial score (nSPS) is 11.0. The van der Waals surface area contributed by atoms with E-state index in [1.807, 2.05) is 6.92 Å². The fourth-order valence-corrected chi connectivity index (χ4v) is 2.26. The second-order valence-electron chi connectivity index (χ2n) is 4.49. The third-order valence-corrected chi connectivity index (χ3v) is 3.18. The molecule has 0 fully saturated rings. The van der Waals surface area contributed by atoms with Gasteiger partial charge in [0.2, 0.25) is 5.43 Å². The highest BCUT2D eigenvalue weighted by atomic mass is 16.5. The highest BCUT2D eigenvalue weighted by Crippen LogP contribution is 2.25. The molecule has 0 radical (unpaired) electrons. The average Bonchev–Trinajstić information content (AvgIpc) is 2.48. The minimum Gasteiger partial charge on any atom is -0.494 e. The van der Waals surface area contributed by atoms with Crippen LogP contribution in [0.1, 0.15) is 6.92 Å². The lowest BCUT2D eigenvalue weighted by atomic mass is 10.1. The molecule has 5 nitrogen and oxygen atoms in total. The van der Waals surface area contributed by atoms with Crippen LogP contribution in [0.4, 0.5) is 0 Å². The Morgan fingerprint density at radius 3 is 2.10 bits per heavy atom. The van der Waals surface area contributed by atoms with E-state index in [1.54, 1.807) is 36.4 Å². The number of benzene rings is 2. The molecule has 21 heavy (non-hydrogen) atoms. The quantitative estimate of drug-likeness (QED) is 0.589. The predicted octanol–water partition coefficient (Wildman–Crippen LogP) is 2.64. The fourth-order valence-electron chi connectivity index (χ4n) is 2.26. The molecule has 0 saturated heterocycles. The maximum Gasteiger partial charge on any atom is 0.200 e. The number of rotatable bonds is 4. The zero-order valence-corrected chi connectivity index (χ0v) is 11.6. The fraction of sp³-hybridized carbons (Fsp3) is 0.188. The molecule has 2 aromatic carbocycles. The first kappa shape index (κ1) is 13.5. The van der Waals surface area contributed by atoms with Gasteiger partial charge in [-0.25, -0.2) is 0 Å². The van der Waals surface area contributed by atoms with Gasteiger partial charge in [0.15, 0.2) is 0 Å². The van der Waals surface area contributed by atoms with E-state index in [2.05, 4.69) is 0 Å². The molecule has 108 valence electrons. The summed E-state index contributed by atoms with van der Waals surface area (Å²) in [4.78, 5) is 12.5. The van der Waals surface area contributed by atoms with Crippen molar-refractivity contribution < 1.29 is 13.9 Å². The van der Waals surface area contributed by atoms with Gasteiger partial charge >= 0.3 is 0 Å². The molecule has 0 bridgehead atoms. The number of fused-ring (bicyclic) bond motifs is 2. The van der Waals surface area contributed by atoms with E-state index in [-0.39, 0.29) is 12.2 Å². The average molecular weight is 285 g/mol. The van der Waals surface area contributed by atoms with Crippen LogP contribution in [0.25, 0.3) is 21.9 Å². The Balaban J connectivity index is 2.25. The molecule has 3 aromatic rings. The topological polar surface area (TPSA) is 74.7 Å². The van der Waals surface area contributed by atoms with Crippen LogP contribution in [-0.4, -0.2) is 13.3 Å². The lowest BCUT2D eigenvalue weighted by Crippen LogP contribution is -2.07. The highest BCUT2D eigenvalue weighted by Gasteiger charge is 2.09. The van der Waals surface area contributed by atoms with Crippen molar-refractivity contribution in [2.24, 2.45) is 5.73 Å². The van der Waals surface area contributed by atoms with Crippen molar-refractivity contribution in [3.8, 4) is 11.5 Å². The summed E-state index contributed by atoms with van der Waals surface area (Å²) in [6.45, 7) is 2.52. The van der Waals surface area contributed by atoms with E-state index in [1.165, 1.54) is 0 Å². The van der Waals surface area contributed by atoms with Crippen LogP contribution in [0.2, 0.25) is 0 Å². The molecule has 1 aromatic heterocycles. The van der Waals surface area contributed by atoms with Gasteiger partial charge in [-0.05, 0) is 31.2 Å².